The summed E-state index contributed by atoms with van der Waals surface area (Å²) in [5, 5.41) is 3.35. The van der Waals surface area contributed by atoms with Crippen molar-refractivity contribution in [3.05, 3.63) is 59.4 Å². The fraction of sp³-hybridized carbons (Fsp3) is 0.200. The molecular weight excluding hydrogens is 229 g/mol. The summed E-state index contributed by atoms with van der Waals surface area (Å²) >= 11 is 0. The quantitative estimate of drug-likeness (QED) is 0.871. The van der Waals surface area contributed by atoms with Crippen LogP contribution in [0.15, 0.2) is 42.5 Å². The average Bonchev–Trinajstić information content (AvgIpc) is 2.81. The molecule has 2 nitrogen and oxygen atoms in total. The van der Waals surface area contributed by atoms with Crippen LogP contribution in [0.4, 0.5) is 10.1 Å². The first-order valence-corrected chi connectivity index (χ1v) is 5.96. The number of hydrogen-bond acceptors (Lipinski definition) is 2. The fourth-order valence-corrected chi connectivity index (χ4v) is 2.40. The highest BCUT2D eigenvalue weighted by Crippen LogP contribution is 2.35. The smallest absolute Gasteiger partial charge is 0.132 e. The monoisotopic (exact) mass is 243 g/mol. The van der Waals surface area contributed by atoms with Crippen LogP contribution in [-0.4, -0.2) is 7.11 Å². The van der Waals surface area contributed by atoms with Crippen LogP contribution in [0.1, 0.15) is 17.2 Å². The zero-order valence-electron chi connectivity index (χ0n) is 10.1. The molecule has 0 saturated heterocycles. The molecule has 92 valence electrons. The van der Waals surface area contributed by atoms with Gasteiger partial charge in [-0.05, 0) is 24.1 Å². The molecule has 0 radical (unpaired) electrons. The highest BCUT2D eigenvalue weighted by atomic mass is 19.1. The minimum atomic E-state index is -0.223. The van der Waals surface area contributed by atoms with E-state index < -0.39 is 0 Å². The third-order valence-corrected chi connectivity index (χ3v) is 3.35. The number of nitrogens with one attached hydrogen (secondary N) is 1. The summed E-state index contributed by atoms with van der Waals surface area (Å²) in [6.45, 7) is 0. The number of anilines is 1. The molecule has 2 aromatic carbocycles. The molecule has 0 aliphatic carbocycles. The van der Waals surface area contributed by atoms with Crippen molar-refractivity contribution < 1.29 is 9.13 Å². The van der Waals surface area contributed by atoms with E-state index in [9.17, 15) is 4.39 Å². The molecule has 0 spiro atoms. The first-order valence-electron chi connectivity index (χ1n) is 5.96. The van der Waals surface area contributed by atoms with Gasteiger partial charge in [-0.15, -0.1) is 0 Å². The van der Waals surface area contributed by atoms with E-state index in [1.165, 1.54) is 18.7 Å². The molecule has 0 fully saturated rings. The number of rotatable bonds is 2. The summed E-state index contributed by atoms with van der Waals surface area (Å²) in [4.78, 5) is 0. The Morgan fingerprint density at radius 3 is 2.78 bits per heavy atom. The molecule has 0 amide bonds. The molecule has 0 aromatic heterocycles. The number of para-hydroxylation sites is 1. The second-order valence-electron chi connectivity index (χ2n) is 4.45. The van der Waals surface area contributed by atoms with Crippen LogP contribution in [0.2, 0.25) is 0 Å². The molecular formula is C15H14FNO. The van der Waals surface area contributed by atoms with Crippen LogP contribution < -0.4 is 10.1 Å². The van der Waals surface area contributed by atoms with Gasteiger partial charge in [-0.2, -0.15) is 0 Å². The van der Waals surface area contributed by atoms with Gasteiger partial charge in [0.25, 0.3) is 0 Å². The molecule has 3 rings (SSSR count). The lowest BCUT2D eigenvalue weighted by molar-refractivity contribution is 0.410. The Balaban J connectivity index is 1.90. The number of fused-ring (bicyclic) bond motifs is 1. The lowest BCUT2D eigenvalue weighted by Gasteiger charge is -2.13. The van der Waals surface area contributed by atoms with Gasteiger partial charge in [0.05, 0.1) is 13.2 Å². The van der Waals surface area contributed by atoms with Crippen LogP contribution in [0.5, 0.6) is 5.75 Å². The third-order valence-electron chi connectivity index (χ3n) is 3.35. The normalized spacial score (nSPS) is 17.1. The van der Waals surface area contributed by atoms with E-state index in [0.29, 0.717) is 11.3 Å². The standard InChI is InChI=1S/C15H14FNO/c1-18-11-6-7-12(13(16)9-11)15-8-10-4-2-3-5-14(10)17-15/h2-7,9,15,17H,8H2,1H3. The van der Waals surface area contributed by atoms with Crippen LogP contribution in [0, 0.1) is 5.82 Å². The first kappa shape index (κ1) is 11.1. The van der Waals surface area contributed by atoms with Crippen molar-refractivity contribution in [3.8, 4) is 5.75 Å². The van der Waals surface area contributed by atoms with Gasteiger partial charge in [-0.1, -0.05) is 24.3 Å². The molecule has 1 aliphatic heterocycles. The molecule has 1 aliphatic rings. The van der Waals surface area contributed by atoms with Crippen LogP contribution in [-0.2, 0) is 6.42 Å². The van der Waals surface area contributed by atoms with Crippen molar-refractivity contribution >= 4 is 5.69 Å². The maximum absolute atomic E-state index is 14.0. The van der Waals surface area contributed by atoms with Gasteiger partial charge >= 0.3 is 0 Å². The highest BCUT2D eigenvalue weighted by molar-refractivity contribution is 5.58. The van der Waals surface area contributed by atoms with Crippen molar-refractivity contribution in [1.82, 2.24) is 0 Å². The number of hydrogen-bond donors (Lipinski definition) is 1. The number of methoxy groups -OCH3 is 1. The predicted octanol–water partition coefficient (Wildman–Crippen LogP) is 3.54. The Labute approximate surface area is 105 Å². The molecule has 1 unspecified atom stereocenters. The van der Waals surface area contributed by atoms with Gasteiger partial charge in [-0.3, -0.25) is 0 Å². The van der Waals surface area contributed by atoms with Crippen molar-refractivity contribution in [2.24, 2.45) is 0 Å². The second-order valence-corrected chi connectivity index (χ2v) is 4.45. The molecule has 0 saturated carbocycles. The van der Waals surface area contributed by atoms with Gasteiger partial charge in [0, 0.05) is 17.3 Å². The van der Waals surface area contributed by atoms with Gasteiger partial charge in [0.15, 0.2) is 0 Å². The van der Waals surface area contributed by atoms with Gasteiger partial charge in [0.2, 0.25) is 0 Å². The molecule has 0 bridgehead atoms. The van der Waals surface area contributed by atoms with Gasteiger partial charge in [-0.25, -0.2) is 4.39 Å². The van der Waals surface area contributed by atoms with E-state index in [-0.39, 0.29) is 11.9 Å². The molecule has 1 atom stereocenters. The molecule has 1 N–H and O–H groups in total. The largest absolute Gasteiger partial charge is 0.497 e. The zero-order chi connectivity index (χ0) is 12.5. The average molecular weight is 243 g/mol. The Kier molecular flexibility index (Phi) is 2.67. The fourth-order valence-electron chi connectivity index (χ4n) is 2.40. The SMILES string of the molecule is COc1ccc(C2Cc3ccccc3N2)c(F)c1. The first-order chi connectivity index (χ1) is 8.78. The maximum Gasteiger partial charge on any atom is 0.132 e. The number of benzene rings is 2. The van der Waals surface area contributed by atoms with Gasteiger partial charge in [0.1, 0.15) is 11.6 Å². The lowest BCUT2D eigenvalue weighted by Crippen LogP contribution is -2.08. The topological polar surface area (TPSA) is 21.3 Å². The summed E-state index contributed by atoms with van der Waals surface area (Å²) < 4.78 is 19.0. The third kappa shape index (κ3) is 1.82. The zero-order valence-corrected chi connectivity index (χ0v) is 10.1. The van der Waals surface area contributed by atoms with E-state index in [2.05, 4.69) is 11.4 Å². The molecule has 1 heterocycles. The summed E-state index contributed by atoms with van der Waals surface area (Å²) in [5.74, 6) is 0.325. The Morgan fingerprint density at radius 1 is 1.22 bits per heavy atom. The molecule has 3 heteroatoms. The van der Waals surface area contributed by atoms with Crippen molar-refractivity contribution in [2.45, 2.75) is 12.5 Å². The summed E-state index contributed by atoms with van der Waals surface area (Å²) in [6, 6.07) is 13.1. The minimum Gasteiger partial charge on any atom is -0.497 e. The van der Waals surface area contributed by atoms with E-state index in [1.54, 1.807) is 12.1 Å². The highest BCUT2D eigenvalue weighted by Gasteiger charge is 2.23. The lowest BCUT2D eigenvalue weighted by atomic mass is 10.0. The molecule has 18 heavy (non-hydrogen) atoms. The number of halogens is 1. The maximum atomic E-state index is 14.0. The van der Waals surface area contributed by atoms with Crippen molar-refractivity contribution in [2.75, 3.05) is 12.4 Å². The predicted molar refractivity (Wildman–Crippen MR) is 69.5 cm³/mol. The number of ether oxygens (including phenoxy) is 1. The van der Waals surface area contributed by atoms with E-state index in [0.717, 1.165) is 12.1 Å². The van der Waals surface area contributed by atoms with Gasteiger partial charge < -0.3 is 10.1 Å². The minimum absolute atomic E-state index is 0.00769. The van der Waals surface area contributed by atoms with E-state index >= 15 is 0 Å². The Morgan fingerprint density at radius 2 is 2.06 bits per heavy atom. The molecule has 2 aromatic rings. The summed E-state index contributed by atoms with van der Waals surface area (Å²) in [7, 11) is 1.54. The second kappa shape index (κ2) is 4.33. The summed E-state index contributed by atoms with van der Waals surface area (Å²) in [5.41, 5.74) is 3.02. The van der Waals surface area contributed by atoms with E-state index in [1.807, 2.05) is 18.2 Å². The Bertz CT molecular complexity index is 557. The van der Waals surface area contributed by atoms with Crippen molar-refractivity contribution in [1.29, 1.82) is 0 Å². The van der Waals surface area contributed by atoms with Crippen LogP contribution in [0.25, 0.3) is 0 Å². The van der Waals surface area contributed by atoms with E-state index in [4.69, 9.17) is 4.74 Å². The Hall–Kier alpha value is -2.03. The van der Waals surface area contributed by atoms with Crippen LogP contribution >= 0.6 is 0 Å². The van der Waals surface area contributed by atoms with Crippen molar-refractivity contribution in [3.63, 3.8) is 0 Å². The van der Waals surface area contributed by atoms with Crippen LogP contribution in [0.3, 0.4) is 0 Å². The summed E-state index contributed by atoms with van der Waals surface area (Å²) in [6.07, 6.45) is 0.819.